The summed E-state index contributed by atoms with van der Waals surface area (Å²) in [6.45, 7) is 0. The topological polar surface area (TPSA) is 63.0 Å². The van der Waals surface area contributed by atoms with E-state index < -0.39 is 0 Å². The first-order valence-corrected chi connectivity index (χ1v) is 0. The van der Waals surface area contributed by atoms with Crippen LogP contribution >= 0.6 is 0 Å². The van der Waals surface area contributed by atoms with Crippen LogP contribution in [0.2, 0.25) is 0 Å². The van der Waals surface area contributed by atoms with Crippen molar-refractivity contribution in [2.45, 2.75) is 0 Å². The molecule has 0 aliphatic heterocycles. The molecule has 0 spiro atoms. The van der Waals surface area contributed by atoms with Crippen molar-refractivity contribution in [1.29, 1.82) is 0 Å². The molecule has 25 valence electrons. The van der Waals surface area contributed by atoms with E-state index in [2.05, 4.69) is 0 Å². The summed E-state index contributed by atoms with van der Waals surface area (Å²) >= 11 is 0. The van der Waals surface area contributed by atoms with Crippen molar-refractivity contribution in [1.82, 2.24) is 0 Å². The second-order valence-corrected chi connectivity index (χ2v) is 0. The summed E-state index contributed by atoms with van der Waals surface area (Å²) in [5, 5.41) is 0. The van der Waals surface area contributed by atoms with Gasteiger partial charge in [-0.2, -0.15) is 0 Å². The quantitative estimate of drug-likeness (QED) is 0.330. The van der Waals surface area contributed by atoms with Crippen molar-refractivity contribution in [2.24, 2.45) is 0 Å². The van der Waals surface area contributed by atoms with E-state index in [4.69, 9.17) is 0 Å². The first-order chi connectivity index (χ1) is 0. The third-order valence-electron chi connectivity index (χ3n) is 0. The van der Waals surface area contributed by atoms with Crippen LogP contribution in [-0.4, -0.2) is 34.0 Å². The number of hydrogen-bond donors (Lipinski definition) is 0. The predicted molar refractivity (Wildman–Crippen MR) is 13.0 cm³/mol. The van der Waals surface area contributed by atoms with Crippen molar-refractivity contribution in [3.8, 4) is 0 Å². The Morgan fingerprint density at radius 2 is 0.750 bits per heavy atom. The summed E-state index contributed by atoms with van der Waals surface area (Å²) in [4.78, 5) is 0. The average Bonchev–Trinajstić information content (AvgIpc) is 0. The SMILES string of the molecule is O.O.[Co].[Mg+2]. The first kappa shape index (κ1) is 64.2. The monoisotopic (exact) mass is 119 g/mol. The molecule has 0 aliphatic rings. The van der Waals surface area contributed by atoms with E-state index in [-0.39, 0.29) is 50.8 Å². The molecule has 4 heteroatoms. The molecule has 0 fully saturated rings. The Kier molecular flexibility index (Phi) is 482. The fraction of sp³-hybridized carbons (Fsp3) is 0. The molecule has 0 saturated carbocycles. The fourth-order valence-corrected chi connectivity index (χ4v) is 0. The Morgan fingerprint density at radius 1 is 0.750 bits per heavy atom. The van der Waals surface area contributed by atoms with Crippen molar-refractivity contribution in [3.63, 3.8) is 0 Å². The van der Waals surface area contributed by atoms with Gasteiger partial charge in [0.15, 0.2) is 0 Å². The third kappa shape index (κ3) is 10.8. The van der Waals surface area contributed by atoms with Gasteiger partial charge in [0, 0.05) is 16.8 Å². The molecule has 1 radical (unpaired) electrons. The summed E-state index contributed by atoms with van der Waals surface area (Å²) in [5.41, 5.74) is 0. The summed E-state index contributed by atoms with van der Waals surface area (Å²) in [5.74, 6) is 0. The van der Waals surface area contributed by atoms with Crippen LogP contribution in [0.4, 0.5) is 0 Å². The van der Waals surface area contributed by atoms with Crippen LogP contribution in [0, 0.1) is 0 Å². The summed E-state index contributed by atoms with van der Waals surface area (Å²) in [6.07, 6.45) is 0. The second kappa shape index (κ2) is 30.0. The van der Waals surface area contributed by atoms with E-state index in [1.165, 1.54) is 0 Å². The molecule has 0 unspecified atom stereocenters. The molecule has 0 aliphatic carbocycles. The van der Waals surface area contributed by atoms with Crippen molar-refractivity contribution in [2.75, 3.05) is 0 Å². The van der Waals surface area contributed by atoms with Crippen LogP contribution in [0.15, 0.2) is 0 Å². The number of hydrogen-bond acceptors (Lipinski definition) is 0. The van der Waals surface area contributed by atoms with Crippen LogP contribution in [-0.2, 0) is 16.8 Å². The van der Waals surface area contributed by atoms with Gasteiger partial charge in [0.25, 0.3) is 0 Å². The third-order valence-corrected chi connectivity index (χ3v) is 0. The van der Waals surface area contributed by atoms with Gasteiger partial charge in [-0.3, -0.25) is 0 Å². The molecule has 0 aromatic heterocycles. The predicted octanol–water partition coefficient (Wildman–Crippen LogP) is -2.03. The van der Waals surface area contributed by atoms with Gasteiger partial charge in [-0.15, -0.1) is 0 Å². The molecule has 0 rings (SSSR count). The zero-order valence-electron chi connectivity index (χ0n) is 2.04. The minimum Gasteiger partial charge on any atom is -0.412 e. The minimum atomic E-state index is 0. The summed E-state index contributed by atoms with van der Waals surface area (Å²) < 4.78 is 0. The van der Waals surface area contributed by atoms with Gasteiger partial charge in [0.05, 0.1) is 0 Å². The van der Waals surface area contributed by atoms with E-state index in [1.807, 2.05) is 0 Å². The van der Waals surface area contributed by atoms with Gasteiger partial charge < -0.3 is 11.0 Å². The molecular weight excluding hydrogens is 115 g/mol. The van der Waals surface area contributed by atoms with Gasteiger partial charge in [-0.1, -0.05) is 0 Å². The van der Waals surface area contributed by atoms with Gasteiger partial charge in [-0.25, -0.2) is 0 Å². The van der Waals surface area contributed by atoms with Crippen LogP contribution in [0.5, 0.6) is 0 Å². The van der Waals surface area contributed by atoms with E-state index in [1.54, 1.807) is 0 Å². The molecule has 4 heavy (non-hydrogen) atoms. The van der Waals surface area contributed by atoms with Crippen molar-refractivity contribution in [3.05, 3.63) is 0 Å². The van der Waals surface area contributed by atoms with E-state index >= 15 is 0 Å². The second-order valence-electron chi connectivity index (χ2n) is 0. The maximum Gasteiger partial charge on any atom is 2.00 e. The Labute approximate surface area is 50.9 Å². The number of rotatable bonds is 0. The maximum absolute atomic E-state index is 0. The Morgan fingerprint density at radius 3 is 0.750 bits per heavy atom. The molecule has 0 aromatic carbocycles. The van der Waals surface area contributed by atoms with Gasteiger partial charge in [-0.05, 0) is 0 Å². The minimum absolute atomic E-state index is 0. The molecule has 0 amide bonds. The Bertz CT molecular complexity index is 6.00. The van der Waals surface area contributed by atoms with Crippen LogP contribution in [0.1, 0.15) is 0 Å². The normalized spacial score (nSPS) is 0. The molecule has 0 bridgehead atoms. The average molecular weight is 119 g/mol. The summed E-state index contributed by atoms with van der Waals surface area (Å²) in [6, 6.07) is 0. The van der Waals surface area contributed by atoms with Crippen LogP contribution < -0.4 is 0 Å². The Balaban J connectivity index is 0. The molecule has 4 N–H and O–H groups in total. The molecule has 0 saturated heterocycles. The molecule has 0 aromatic rings. The fourth-order valence-electron chi connectivity index (χ4n) is 0. The smallest absolute Gasteiger partial charge is 0.412 e. The Hall–Kier alpha value is 1.19. The zero-order chi connectivity index (χ0) is 0. The summed E-state index contributed by atoms with van der Waals surface area (Å²) in [7, 11) is 0. The maximum atomic E-state index is 0. The van der Waals surface area contributed by atoms with Crippen molar-refractivity contribution < 1.29 is 27.7 Å². The molecule has 0 heterocycles. The molecule has 2 nitrogen and oxygen atoms in total. The molecular formula is H4CoMgO2+2. The van der Waals surface area contributed by atoms with E-state index in [9.17, 15) is 0 Å². The van der Waals surface area contributed by atoms with Crippen LogP contribution in [0.25, 0.3) is 0 Å². The first-order valence-electron chi connectivity index (χ1n) is 0. The standard InChI is InChI=1S/Co.Mg.2H2O/h;;2*1H2/q;+2;;. The van der Waals surface area contributed by atoms with Gasteiger partial charge in [0.1, 0.15) is 0 Å². The molecule has 0 atom stereocenters. The van der Waals surface area contributed by atoms with Crippen LogP contribution in [0.3, 0.4) is 0 Å². The van der Waals surface area contributed by atoms with E-state index in [0.717, 1.165) is 0 Å². The van der Waals surface area contributed by atoms with Gasteiger partial charge in [0.2, 0.25) is 0 Å². The van der Waals surface area contributed by atoms with Crippen molar-refractivity contribution >= 4 is 23.1 Å². The zero-order valence-corrected chi connectivity index (χ0v) is 4.50. The largest absolute Gasteiger partial charge is 2.00 e. The van der Waals surface area contributed by atoms with E-state index in [0.29, 0.717) is 0 Å². The van der Waals surface area contributed by atoms with Gasteiger partial charge >= 0.3 is 23.1 Å².